The van der Waals surface area contributed by atoms with Crippen molar-refractivity contribution in [3.63, 3.8) is 0 Å². The van der Waals surface area contributed by atoms with Crippen molar-refractivity contribution < 1.29 is 0 Å². The number of hydrogen-bond acceptors (Lipinski definition) is 4. The van der Waals surface area contributed by atoms with Crippen LogP contribution in [0.25, 0.3) is 97.8 Å². The van der Waals surface area contributed by atoms with E-state index in [-0.39, 0.29) is 0 Å². The van der Waals surface area contributed by atoms with Gasteiger partial charge in [-0.25, -0.2) is 15.0 Å². The second kappa shape index (κ2) is 11.2. The molecule has 3 nitrogen and oxygen atoms in total. The first-order valence-electron chi connectivity index (χ1n) is 16.4. The van der Waals surface area contributed by atoms with E-state index in [9.17, 15) is 0 Å². The number of fused-ring (bicyclic) bond motifs is 9. The lowest BCUT2D eigenvalue weighted by Crippen LogP contribution is -2.00. The number of aromatic nitrogens is 3. The third-order valence-corrected chi connectivity index (χ3v) is 10.7. The first kappa shape index (κ1) is 27.8. The van der Waals surface area contributed by atoms with Gasteiger partial charge in [0, 0.05) is 36.9 Å². The molecule has 0 unspecified atom stereocenters. The highest BCUT2D eigenvalue weighted by Gasteiger charge is 2.16. The summed E-state index contributed by atoms with van der Waals surface area (Å²) in [5.41, 5.74) is 5.37. The SMILES string of the molecule is c1ccc(-c2nc(-c3ccccc3)nc(-c3ccc4c5ccccc5c5cc(-c6cccc7c6sc6ccccc67)ccc5c4c3)n2)cc1. The van der Waals surface area contributed by atoms with Crippen molar-refractivity contribution in [3.05, 3.63) is 164 Å². The minimum absolute atomic E-state index is 0.656. The van der Waals surface area contributed by atoms with Crippen LogP contribution >= 0.6 is 11.3 Å². The Hall–Kier alpha value is -6.23. The summed E-state index contributed by atoms with van der Waals surface area (Å²) in [6, 6.07) is 58.0. The van der Waals surface area contributed by atoms with Gasteiger partial charge < -0.3 is 0 Å². The molecule has 0 bridgehead atoms. The molecule has 10 rings (SSSR count). The van der Waals surface area contributed by atoms with Crippen LogP contribution in [0.15, 0.2) is 164 Å². The topological polar surface area (TPSA) is 38.7 Å². The van der Waals surface area contributed by atoms with Crippen molar-refractivity contribution in [2.45, 2.75) is 0 Å². The summed E-state index contributed by atoms with van der Waals surface area (Å²) in [7, 11) is 0. The number of rotatable bonds is 4. The summed E-state index contributed by atoms with van der Waals surface area (Å²) in [5.74, 6) is 1.98. The van der Waals surface area contributed by atoms with E-state index in [1.54, 1.807) is 0 Å². The highest BCUT2D eigenvalue weighted by Crippen LogP contribution is 2.43. The van der Waals surface area contributed by atoms with Gasteiger partial charge in [0.1, 0.15) is 0 Å². The van der Waals surface area contributed by atoms with Crippen molar-refractivity contribution in [2.24, 2.45) is 0 Å². The molecule has 0 N–H and O–H groups in total. The molecule has 0 aliphatic heterocycles. The van der Waals surface area contributed by atoms with E-state index in [4.69, 9.17) is 15.0 Å². The van der Waals surface area contributed by atoms with Crippen LogP contribution in [0.1, 0.15) is 0 Å². The number of benzene rings is 8. The van der Waals surface area contributed by atoms with Crippen LogP contribution in [0.5, 0.6) is 0 Å². The monoisotopic (exact) mass is 641 g/mol. The minimum atomic E-state index is 0.656. The molecule has 10 aromatic rings. The van der Waals surface area contributed by atoms with Crippen LogP contribution in [0.3, 0.4) is 0 Å². The molecule has 2 aromatic heterocycles. The van der Waals surface area contributed by atoms with Gasteiger partial charge in [0.05, 0.1) is 0 Å². The summed E-state index contributed by atoms with van der Waals surface area (Å²) in [6.07, 6.45) is 0. The third-order valence-electron chi connectivity index (χ3n) is 9.51. The van der Waals surface area contributed by atoms with Gasteiger partial charge in [0.2, 0.25) is 0 Å². The molecule has 2 heterocycles. The number of thiophene rings is 1. The highest BCUT2D eigenvalue weighted by molar-refractivity contribution is 7.26. The van der Waals surface area contributed by atoms with Crippen LogP contribution in [-0.4, -0.2) is 15.0 Å². The van der Waals surface area contributed by atoms with E-state index in [1.807, 2.05) is 72.0 Å². The predicted octanol–water partition coefficient (Wildman–Crippen LogP) is 12.4. The summed E-state index contributed by atoms with van der Waals surface area (Å²) in [5, 5.41) is 9.96. The molecule has 49 heavy (non-hydrogen) atoms. The van der Waals surface area contributed by atoms with Gasteiger partial charge in [-0.15, -0.1) is 11.3 Å². The van der Waals surface area contributed by atoms with E-state index in [0.717, 1.165) is 16.7 Å². The standard InChI is InChI=1S/C45H27N3S/c1-3-12-28(13-4-1)43-46-44(29-14-5-2-6-15-29)48-45(47-43)31-23-25-35-33-16-7-8-17-34(33)39-26-30(22-24-36(39)40(35)27-31)32-19-11-20-38-37-18-9-10-21-41(37)49-42(32)38/h1-27H. The van der Waals surface area contributed by atoms with E-state index in [1.165, 1.54) is 63.6 Å². The van der Waals surface area contributed by atoms with E-state index >= 15 is 0 Å². The van der Waals surface area contributed by atoms with Gasteiger partial charge in [-0.05, 0) is 61.6 Å². The molecular formula is C45H27N3S. The second-order valence-electron chi connectivity index (χ2n) is 12.4. The quantitative estimate of drug-likeness (QED) is 0.180. The lowest BCUT2D eigenvalue weighted by Gasteiger charge is -2.14. The summed E-state index contributed by atoms with van der Waals surface area (Å²) >= 11 is 1.87. The van der Waals surface area contributed by atoms with Crippen molar-refractivity contribution in [2.75, 3.05) is 0 Å². The Morgan fingerprint density at radius 2 is 0.776 bits per heavy atom. The normalized spacial score (nSPS) is 11.7. The number of hydrogen-bond donors (Lipinski definition) is 0. The molecule has 0 spiro atoms. The van der Waals surface area contributed by atoms with Crippen molar-refractivity contribution in [3.8, 4) is 45.3 Å². The van der Waals surface area contributed by atoms with E-state index in [0.29, 0.717) is 17.5 Å². The zero-order valence-corrected chi connectivity index (χ0v) is 27.2. The predicted molar refractivity (Wildman–Crippen MR) is 207 cm³/mol. The van der Waals surface area contributed by atoms with Crippen LogP contribution in [-0.2, 0) is 0 Å². The van der Waals surface area contributed by atoms with Crippen LogP contribution in [0.4, 0.5) is 0 Å². The average molecular weight is 642 g/mol. The zero-order chi connectivity index (χ0) is 32.3. The third kappa shape index (κ3) is 4.61. The zero-order valence-electron chi connectivity index (χ0n) is 26.3. The van der Waals surface area contributed by atoms with Gasteiger partial charge in [-0.3, -0.25) is 0 Å². The van der Waals surface area contributed by atoms with Crippen molar-refractivity contribution >= 4 is 63.8 Å². The lowest BCUT2D eigenvalue weighted by atomic mass is 9.91. The van der Waals surface area contributed by atoms with Gasteiger partial charge in [-0.2, -0.15) is 0 Å². The lowest BCUT2D eigenvalue weighted by molar-refractivity contribution is 1.07. The van der Waals surface area contributed by atoms with Crippen LogP contribution in [0.2, 0.25) is 0 Å². The van der Waals surface area contributed by atoms with Gasteiger partial charge >= 0.3 is 0 Å². The molecule has 0 saturated carbocycles. The Labute approximate surface area is 286 Å². The summed E-state index contributed by atoms with van der Waals surface area (Å²) in [6.45, 7) is 0. The molecule has 8 aromatic carbocycles. The smallest absolute Gasteiger partial charge is 0.164 e. The van der Waals surface area contributed by atoms with Crippen LogP contribution in [0, 0.1) is 0 Å². The summed E-state index contributed by atoms with van der Waals surface area (Å²) < 4.78 is 2.65. The van der Waals surface area contributed by atoms with Gasteiger partial charge in [0.15, 0.2) is 17.5 Å². The fraction of sp³-hybridized carbons (Fsp3) is 0. The van der Waals surface area contributed by atoms with Gasteiger partial charge in [0.25, 0.3) is 0 Å². The second-order valence-corrected chi connectivity index (χ2v) is 13.4. The maximum atomic E-state index is 5.03. The average Bonchev–Trinajstić information content (AvgIpc) is 3.57. The minimum Gasteiger partial charge on any atom is -0.208 e. The maximum Gasteiger partial charge on any atom is 0.164 e. The Morgan fingerprint density at radius 3 is 1.45 bits per heavy atom. The highest BCUT2D eigenvalue weighted by atomic mass is 32.1. The molecule has 0 aliphatic rings. The Morgan fingerprint density at radius 1 is 0.306 bits per heavy atom. The Bertz CT molecular complexity index is 2820. The Balaban J connectivity index is 1.20. The molecule has 0 aliphatic carbocycles. The summed E-state index contributed by atoms with van der Waals surface area (Å²) in [4.78, 5) is 15.0. The molecule has 0 saturated heterocycles. The van der Waals surface area contributed by atoms with Gasteiger partial charge in [-0.1, -0.05) is 146 Å². The molecular weight excluding hydrogens is 615 g/mol. The van der Waals surface area contributed by atoms with E-state index < -0.39 is 0 Å². The molecule has 0 fully saturated rings. The Kier molecular flexibility index (Phi) is 6.36. The molecule has 0 amide bonds. The van der Waals surface area contributed by atoms with Crippen LogP contribution < -0.4 is 0 Å². The first-order chi connectivity index (χ1) is 24.3. The fourth-order valence-electron chi connectivity index (χ4n) is 7.18. The fourth-order valence-corrected chi connectivity index (χ4v) is 8.41. The van der Waals surface area contributed by atoms with Crippen molar-refractivity contribution in [1.82, 2.24) is 15.0 Å². The molecule has 4 heteroatoms. The van der Waals surface area contributed by atoms with Crippen molar-refractivity contribution in [1.29, 1.82) is 0 Å². The molecule has 0 atom stereocenters. The number of nitrogens with zero attached hydrogens (tertiary/aromatic N) is 3. The molecule has 0 radical (unpaired) electrons. The molecule has 228 valence electrons. The largest absolute Gasteiger partial charge is 0.208 e. The van der Waals surface area contributed by atoms with E-state index in [2.05, 4.69) is 103 Å². The maximum absolute atomic E-state index is 5.03. The first-order valence-corrected chi connectivity index (χ1v) is 17.3.